The molecular formula is C16H12F3NO6. The molecule has 0 saturated carbocycles. The minimum Gasteiger partial charge on any atom is -0.479 e. The molecule has 1 N–H and O–H groups in total. The summed E-state index contributed by atoms with van der Waals surface area (Å²) in [5, 5.41) is 19.9. The molecule has 1 atom stereocenters. The lowest BCUT2D eigenvalue weighted by atomic mass is 10.2. The maximum Gasteiger partial charge on any atom is 0.416 e. The zero-order valence-electron chi connectivity index (χ0n) is 13.2. The molecule has 0 spiro atoms. The van der Waals surface area contributed by atoms with Crippen LogP contribution in [0.1, 0.15) is 12.5 Å². The molecule has 0 aliphatic heterocycles. The van der Waals surface area contributed by atoms with Crippen molar-refractivity contribution in [2.45, 2.75) is 19.2 Å². The first kappa shape index (κ1) is 19.0. The van der Waals surface area contributed by atoms with E-state index in [4.69, 9.17) is 14.6 Å². The molecule has 7 nitrogen and oxygen atoms in total. The van der Waals surface area contributed by atoms with Crippen LogP contribution in [0.3, 0.4) is 0 Å². The zero-order chi connectivity index (χ0) is 19.5. The predicted octanol–water partition coefficient (Wildman–Crippen LogP) is 4.26. The lowest BCUT2D eigenvalue weighted by molar-refractivity contribution is -0.386. The number of hydrogen-bond donors (Lipinski definition) is 1. The quantitative estimate of drug-likeness (QED) is 0.602. The number of ether oxygens (including phenoxy) is 2. The van der Waals surface area contributed by atoms with Gasteiger partial charge in [-0.3, -0.25) is 10.1 Å². The Kier molecular flexibility index (Phi) is 5.34. The van der Waals surface area contributed by atoms with Crippen LogP contribution >= 0.6 is 0 Å². The van der Waals surface area contributed by atoms with Crippen molar-refractivity contribution < 1.29 is 37.5 Å². The van der Waals surface area contributed by atoms with Crippen molar-refractivity contribution in [3.63, 3.8) is 0 Å². The van der Waals surface area contributed by atoms with Gasteiger partial charge < -0.3 is 14.6 Å². The van der Waals surface area contributed by atoms with Crippen LogP contribution in [0.2, 0.25) is 0 Å². The lowest BCUT2D eigenvalue weighted by Crippen LogP contribution is -2.23. The highest BCUT2D eigenvalue weighted by atomic mass is 19.4. The van der Waals surface area contributed by atoms with Crippen molar-refractivity contribution in [1.82, 2.24) is 0 Å². The Morgan fingerprint density at radius 3 is 2.23 bits per heavy atom. The molecule has 0 radical (unpaired) electrons. The number of carbonyl (C=O) groups is 1. The molecular weight excluding hydrogens is 359 g/mol. The Morgan fingerprint density at radius 2 is 1.73 bits per heavy atom. The molecule has 0 bridgehead atoms. The summed E-state index contributed by atoms with van der Waals surface area (Å²) < 4.78 is 48.0. The number of carboxylic acids is 1. The van der Waals surface area contributed by atoms with E-state index in [1.807, 2.05) is 0 Å². The molecule has 2 rings (SSSR count). The average Bonchev–Trinajstić information content (AvgIpc) is 2.54. The highest BCUT2D eigenvalue weighted by molar-refractivity contribution is 5.72. The molecule has 1 unspecified atom stereocenters. The van der Waals surface area contributed by atoms with Gasteiger partial charge >= 0.3 is 17.8 Å². The summed E-state index contributed by atoms with van der Waals surface area (Å²) in [6.07, 6.45) is -5.84. The summed E-state index contributed by atoms with van der Waals surface area (Å²) in [6, 6.07) is 7.18. The second kappa shape index (κ2) is 7.30. The van der Waals surface area contributed by atoms with Gasteiger partial charge in [-0.1, -0.05) is 0 Å². The molecule has 2 aromatic carbocycles. The molecule has 0 aliphatic rings. The third-order valence-electron chi connectivity index (χ3n) is 3.20. The van der Waals surface area contributed by atoms with Crippen LogP contribution in [0, 0.1) is 10.1 Å². The van der Waals surface area contributed by atoms with Crippen molar-refractivity contribution >= 4 is 11.7 Å². The van der Waals surface area contributed by atoms with Crippen LogP contribution < -0.4 is 9.47 Å². The van der Waals surface area contributed by atoms with Gasteiger partial charge in [-0.2, -0.15) is 13.2 Å². The van der Waals surface area contributed by atoms with Gasteiger partial charge in [0.15, 0.2) is 6.10 Å². The molecule has 138 valence electrons. The second-order valence-corrected chi connectivity index (χ2v) is 5.11. The number of rotatable bonds is 6. The largest absolute Gasteiger partial charge is 0.479 e. The Balaban J connectivity index is 2.27. The van der Waals surface area contributed by atoms with E-state index in [0.29, 0.717) is 0 Å². The van der Waals surface area contributed by atoms with Gasteiger partial charge in [-0.25, -0.2) is 4.79 Å². The van der Waals surface area contributed by atoms with Gasteiger partial charge in [0.05, 0.1) is 10.5 Å². The SMILES string of the molecule is CC(Oc1cc(Oc2ccc(C(F)(F)F)cc2)ccc1[N+](=O)[O-])C(=O)O. The number of hydrogen-bond acceptors (Lipinski definition) is 5. The van der Waals surface area contributed by atoms with E-state index < -0.39 is 34.4 Å². The number of alkyl halides is 3. The van der Waals surface area contributed by atoms with Gasteiger partial charge in [0.1, 0.15) is 11.5 Å². The summed E-state index contributed by atoms with van der Waals surface area (Å²) in [5.41, 5.74) is -1.33. The van der Waals surface area contributed by atoms with Crippen LogP contribution in [0.5, 0.6) is 17.2 Å². The van der Waals surface area contributed by atoms with E-state index in [2.05, 4.69) is 0 Å². The van der Waals surface area contributed by atoms with Gasteiger partial charge in [0, 0.05) is 12.1 Å². The normalized spacial score (nSPS) is 12.3. The minimum absolute atomic E-state index is 0.0305. The molecule has 0 aliphatic carbocycles. The molecule has 26 heavy (non-hydrogen) atoms. The van der Waals surface area contributed by atoms with E-state index in [-0.39, 0.29) is 17.2 Å². The van der Waals surface area contributed by atoms with Crippen LogP contribution in [0.25, 0.3) is 0 Å². The molecule has 2 aromatic rings. The van der Waals surface area contributed by atoms with Gasteiger partial charge in [0.2, 0.25) is 5.75 Å². The second-order valence-electron chi connectivity index (χ2n) is 5.11. The number of nitro benzene ring substituents is 1. The van der Waals surface area contributed by atoms with Crippen molar-refractivity contribution in [3.8, 4) is 17.2 Å². The monoisotopic (exact) mass is 371 g/mol. The van der Waals surface area contributed by atoms with E-state index >= 15 is 0 Å². The summed E-state index contributed by atoms with van der Waals surface area (Å²) in [7, 11) is 0. The Bertz CT molecular complexity index is 820. The fraction of sp³-hybridized carbons (Fsp3) is 0.188. The van der Waals surface area contributed by atoms with Gasteiger partial charge in [-0.15, -0.1) is 0 Å². The highest BCUT2D eigenvalue weighted by Gasteiger charge is 2.30. The van der Waals surface area contributed by atoms with E-state index in [0.717, 1.165) is 36.4 Å². The molecule has 0 saturated heterocycles. The first-order valence-corrected chi connectivity index (χ1v) is 7.11. The standard InChI is InChI=1S/C16H12F3NO6/c1-9(15(21)22)25-14-8-12(6-7-13(14)20(23)24)26-11-4-2-10(3-5-11)16(17,18)19/h2-9H,1H3,(H,21,22). The number of nitrogens with zero attached hydrogens (tertiary/aromatic N) is 1. The van der Waals surface area contributed by atoms with Crippen molar-refractivity contribution in [3.05, 3.63) is 58.1 Å². The zero-order valence-corrected chi connectivity index (χ0v) is 13.2. The highest BCUT2D eigenvalue weighted by Crippen LogP contribution is 2.35. The van der Waals surface area contributed by atoms with Crippen molar-refractivity contribution in [2.24, 2.45) is 0 Å². The Morgan fingerprint density at radius 1 is 1.15 bits per heavy atom. The number of carboxylic acid groups (broad SMARTS) is 1. The lowest BCUT2D eigenvalue weighted by Gasteiger charge is -2.13. The first-order chi connectivity index (χ1) is 12.1. The fourth-order valence-electron chi connectivity index (χ4n) is 1.89. The summed E-state index contributed by atoms with van der Waals surface area (Å²) in [4.78, 5) is 21.1. The number of benzene rings is 2. The number of nitro groups is 1. The van der Waals surface area contributed by atoms with Crippen LogP contribution in [0.4, 0.5) is 18.9 Å². The van der Waals surface area contributed by atoms with Gasteiger partial charge in [-0.05, 0) is 37.3 Å². The van der Waals surface area contributed by atoms with E-state index in [9.17, 15) is 28.1 Å². The number of halogens is 3. The maximum absolute atomic E-state index is 12.5. The molecule has 0 aromatic heterocycles. The molecule has 0 amide bonds. The first-order valence-electron chi connectivity index (χ1n) is 7.11. The Labute approximate surface area is 144 Å². The molecule has 10 heteroatoms. The summed E-state index contributed by atoms with van der Waals surface area (Å²) in [6.45, 7) is 1.19. The minimum atomic E-state index is -4.49. The average molecular weight is 371 g/mol. The topological polar surface area (TPSA) is 98.9 Å². The third-order valence-corrected chi connectivity index (χ3v) is 3.20. The molecule has 0 fully saturated rings. The number of aliphatic carboxylic acids is 1. The van der Waals surface area contributed by atoms with Gasteiger partial charge in [0.25, 0.3) is 0 Å². The molecule has 0 heterocycles. The summed E-state index contributed by atoms with van der Waals surface area (Å²) in [5.74, 6) is -1.57. The van der Waals surface area contributed by atoms with Crippen LogP contribution in [0.15, 0.2) is 42.5 Å². The third kappa shape index (κ3) is 4.62. The fourth-order valence-corrected chi connectivity index (χ4v) is 1.89. The predicted molar refractivity (Wildman–Crippen MR) is 82.3 cm³/mol. The summed E-state index contributed by atoms with van der Waals surface area (Å²) >= 11 is 0. The maximum atomic E-state index is 12.5. The van der Waals surface area contributed by atoms with E-state index in [1.54, 1.807) is 0 Å². The smallest absolute Gasteiger partial charge is 0.416 e. The van der Waals surface area contributed by atoms with Crippen molar-refractivity contribution in [2.75, 3.05) is 0 Å². The Hall–Kier alpha value is -3.30. The van der Waals surface area contributed by atoms with Crippen LogP contribution in [-0.2, 0) is 11.0 Å². The van der Waals surface area contributed by atoms with Crippen molar-refractivity contribution in [1.29, 1.82) is 0 Å². The van der Waals surface area contributed by atoms with E-state index in [1.165, 1.54) is 13.0 Å². The van der Waals surface area contributed by atoms with Crippen LogP contribution in [-0.4, -0.2) is 22.1 Å².